The van der Waals surface area contributed by atoms with Gasteiger partial charge in [0.05, 0.1) is 11.7 Å². The standard InChI is InChI=1S/C14H20N4/c1-2-3-10(8-15)14-17-12-9-16-7-6-13(12)18(14)11-4-5-11/h6-7,9-11H,2-5,8,15H2,1H3. The lowest BCUT2D eigenvalue weighted by Crippen LogP contribution is -2.17. The Kier molecular flexibility index (Phi) is 3.04. The van der Waals surface area contributed by atoms with Crippen LogP contribution in [-0.4, -0.2) is 21.1 Å². The first-order valence-corrected chi connectivity index (χ1v) is 6.87. The van der Waals surface area contributed by atoms with Crippen molar-refractivity contribution in [3.8, 4) is 0 Å². The molecule has 2 heterocycles. The molecule has 1 fully saturated rings. The Hall–Kier alpha value is -1.42. The smallest absolute Gasteiger partial charge is 0.114 e. The van der Waals surface area contributed by atoms with Crippen LogP contribution >= 0.6 is 0 Å². The molecule has 2 aromatic heterocycles. The van der Waals surface area contributed by atoms with Gasteiger partial charge in [0.15, 0.2) is 0 Å². The van der Waals surface area contributed by atoms with Crippen molar-refractivity contribution < 1.29 is 0 Å². The largest absolute Gasteiger partial charge is 0.330 e. The van der Waals surface area contributed by atoms with Crippen LogP contribution in [0.5, 0.6) is 0 Å². The minimum atomic E-state index is 0.378. The van der Waals surface area contributed by atoms with Crippen LogP contribution < -0.4 is 5.73 Å². The van der Waals surface area contributed by atoms with Crippen molar-refractivity contribution in [3.63, 3.8) is 0 Å². The summed E-state index contributed by atoms with van der Waals surface area (Å²) in [6.45, 7) is 2.88. The number of fused-ring (bicyclic) bond motifs is 1. The van der Waals surface area contributed by atoms with Gasteiger partial charge in [-0.3, -0.25) is 4.98 Å². The summed E-state index contributed by atoms with van der Waals surface area (Å²) in [4.78, 5) is 8.96. The number of hydrogen-bond acceptors (Lipinski definition) is 3. The average molecular weight is 244 g/mol. The number of pyridine rings is 1. The van der Waals surface area contributed by atoms with E-state index in [4.69, 9.17) is 10.7 Å². The van der Waals surface area contributed by atoms with Crippen LogP contribution in [0, 0.1) is 0 Å². The number of rotatable bonds is 5. The van der Waals surface area contributed by atoms with Crippen molar-refractivity contribution in [2.45, 2.75) is 44.6 Å². The predicted octanol–water partition coefficient (Wildman–Crippen LogP) is 2.61. The lowest BCUT2D eigenvalue weighted by molar-refractivity contribution is 0.552. The molecule has 0 saturated heterocycles. The maximum absolute atomic E-state index is 5.93. The fourth-order valence-electron chi connectivity index (χ4n) is 2.67. The molecule has 18 heavy (non-hydrogen) atoms. The zero-order valence-electron chi connectivity index (χ0n) is 10.8. The van der Waals surface area contributed by atoms with E-state index in [2.05, 4.69) is 22.5 Å². The number of aromatic nitrogens is 3. The van der Waals surface area contributed by atoms with Gasteiger partial charge in [-0.15, -0.1) is 0 Å². The highest BCUT2D eigenvalue weighted by atomic mass is 15.1. The molecule has 1 aliphatic carbocycles. The Morgan fingerprint density at radius 3 is 3.00 bits per heavy atom. The molecule has 1 unspecified atom stereocenters. The van der Waals surface area contributed by atoms with E-state index in [0.29, 0.717) is 18.5 Å². The van der Waals surface area contributed by atoms with E-state index in [1.165, 1.54) is 24.2 Å². The van der Waals surface area contributed by atoms with Crippen LogP contribution in [-0.2, 0) is 0 Å². The first-order chi connectivity index (χ1) is 8.85. The number of nitrogens with two attached hydrogens (primary N) is 1. The summed E-state index contributed by atoms with van der Waals surface area (Å²) in [7, 11) is 0. The van der Waals surface area contributed by atoms with Gasteiger partial charge in [-0.25, -0.2) is 4.98 Å². The fourth-order valence-corrected chi connectivity index (χ4v) is 2.67. The number of imidazole rings is 1. The van der Waals surface area contributed by atoms with Crippen molar-refractivity contribution in [3.05, 3.63) is 24.3 Å². The van der Waals surface area contributed by atoms with E-state index >= 15 is 0 Å². The summed E-state index contributed by atoms with van der Waals surface area (Å²) in [6, 6.07) is 2.71. The summed E-state index contributed by atoms with van der Waals surface area (Å²) in [6.07, 6.45) is 8.50. The highest BCUT2D eigenvalue weighted by Gasteiger charge is 2.30. The molecule has 0 bridgehead atoms. The van der Waals surface area contributed by atoms with Crippen molar-refractivity contribution in [2.75, 3.05) is 6.54 Å². The Labute approximate surface area is 107 Å². The van der Waals surface area contributed by atoms with Gasteiger partial charge in [-0.05, 0) is 25.3 Å². The van der Waals surface area contributed by atoms with Crippen LogP contribution in [0.1, 0.15) is 50.4 Å². The van der Waals surface area contributed by atoms with Gasteiger partial charge in [-0.2, -0.15) is 0 Å². The van der Waals surface area contributed by atoms with E-state index in [0.717, 1.165) is 18.4 Å². The van der Waals surface area contributed by atoms with E-state index in [-0.39, 0.29) is 0 Å². The third kappa shape index (κ3) is 1.90. The zero-order chi connectivity index (χ0) is 12.5. The zero-order valence-corrected chi connectivity index (χ0v) is 10.8. The molecule has 3 rings (SSSR count). The minimum Gasteiger partial charge on any atom is -0.330 e. The lowest BCUT2D eigenvalue weighted by atomic mass is 10.0. The molecular formula is C14H20N4. The molecule has 96 valence electrons. The molecule has 1 aliphatic rings. The molecule has 4 heteroatoms. The van der Waals surface area contributed by atoms with Crippen LogP contribution in [0.15, 0.2) is 18.5 Å². The summed E-state index contributed by atoms with van der Waals surface area (Å²) >= 11 is 0. The highest BCUT2D eigenvalue weighted by Crippen LogP contribution is 2.40. The van der Waals surface area contributed by atoms with Crippen molar-refractivity contribution in [1.29, 1.82) is 0 Å². The third-order valence-corrected chi connectivity index (χ3v) is 3.72. The Morgan fingerprint density at radius 1 is 1.50 bits per heavy atom. The topological polar surface area (TPSA) is 56.7 Å². The average Bonchev–Trinajstić information content (AvgIpc) is 3.16. The second-order valence-electron chi connectivity index (χ2n) is 5.16. The van der Waals surface area contributed by atoms with E-state index in [9.17, 15) is 0 Å². The quantitative estimate of drug-likeness (QED) is 0.879. The SMILES string of the molecule is CCCC(CN)c1nc2cnccc2n1C1CC1. The summed E-state index contributed by atoms with van der Waals surface area (Å²) < 4.78 is 2.41. The van der Waals surface area contributed by atoms with Crippen LogP contribution in [0.25, 0.3) is 11.0 Å². The molecule has 0 spiro atoms. The van der Waals surface area contributed by atoms with Gasteiger partial charge in [0, 0.05) is 24.7 Å². The molecule has 4 nitrogen and oxygen atoms in total. The predicted molar refractivity (Wildman–Crippen MR) is 72.5 cm³/mol. The van der Waals surface area contributed by atoms with E-state index < -0.39 is 0 Å². The Balaban J connectivity index is 2.11. The van der Waals surface area contributed by atoms with E-state index in [1.807, 2.05) is 12.4 Å². The normalized spacial score (nSPS) is 17.2. The van der Waals surface area contributed by atoms with Gasteiger partial charge in [0.2, 0.25) is 0 Å². The molecule has 1 atom stereocenters. The summed E-state index contributed by atoms with van der Waals surface area (Å²) in [5.41, 5.74) is 8.16. The molecule has 0 aromatic carbocycles. The monoisotopic (exact) mass is 244 g/mol. The summed E-state index contributed by atoms with van der Waals surface area (Å²) in [5, 5.41) is 0. The first-order valence-electron chi connectivity index (χ1n) is 6.87. The van der Waals surface area contributed by atoms with Gasteiger partial charge < -0.3 is 10.3 Å². The van der Waals surface area contributed by atoms with Gasteiger partial charge >= 0.3 is 0 Å². The minimum absolute atomic E-state index is 0.378. The first kappa shape index (κ1) is 11.7. The highest BCUT2D eigenvalue weighted by molar-refractivity contribution is 5.75. The second kappa shape index (κ2) is 4.69. The molecule has 0 radical (unpaired) electrons. The maximum Gasteiger partial charge on any atom is 0.114 e. The molecule has 0 aliphatic heterocycles. The Morgan fingerprint density at radius 2 is 2.33 bits per heavy atom. The van der Waals surface area contributed by atoms with Crippen molar-refractivity contribution >= 4 is 11.0 Å². The van der Waals surface area contributed by atoms with Gasteiger partial charge in [-0.1, -0.05) is 13.3 Å². The molecular weight excluding hydrogens is 224 g/mol. The number of nitrogens with zero attached hydrogens (tertiary/aromatic N) is 3. The lowest BCUT2D eigenvalue weighted by Gasteiger charge is -2.15. The molecule has 0 amide bonds. The van der Waals surface area contributed by atoms with Crippen molar-refractivity contribution in [2.24, 2.45) is 5.73 Å². The van der Waals surface area contributed by atoms with Crippen LogP contribution in [0.2, 0.25) is 0 Å². The van der Waals surface area contributed by atoms with Crippen LogP contribution in [0.3, 0.4) is 0 Å². The fraction of sp³-hybridized carbons (Fsp3) is 0.571. The molecule has 1 saturated carbocycles. The van der Waals surface area contributed by atoms with Gasteiger partial charge in [0.25, 0.3) is 0 Å². The van der Waals surface area contributed by atoms with Crippen LogP contribution in [0.4, 0.5) is 0 Å². The van der Waals surface area contributed by atoms with E-state index in [1.54, 1.807) is 0 Å². The molecule has 2 N–H and O–H groups in total. The number of hydrogen-bond donors (Lipinski definition) is 1. The third-order valence-electron chi connectivity index (χ3n) is 3.72. The Bertz CT molecular complexity index is 542. The second-order valence-corrected chi connectivity index (χ2v) is 5.16. The molecule has 2 aromatic rings. The van der Waals surface area contributed by atoms with Crippen molar-refractivity contribution in [1.82, 2.24) is 14.5 Å². The van der Waals surface area contributed by atoms with Gasteiger partial charge in [0.1, 0.15) is 11.3 Å². The summed E-state index contributed by atoms with van der Waals surface area (Å²) in [5.74, 6) is 1.55. The maximum atomic E-state index is 5.93.